The smallest absolute Gasteiger partial charge is 0.155 e. The Hall–Kier alpha value is -0.370. The minimum atomic E-state index is -0.242. The van der Waals surface area contributed by atoms with Crippen molar-refractivity contribution >= 4 is 5.78 Å². The van der Waals surface area contributed by atoms with Crippen molar-refractivity contribution in [3.63, 3.8) is 0 Å². The molecule has 1 aliphatic rings. The van der Waals surface area contributed by atoms with E-state index in [1.807, 2.05) is 0 Å². The van der Waals surface area contributed by atoms with Crippen molar-refractivity contribution in [3.8, 4) is 0 Å². The van der Waals surface area contributed by atoms with E-state index in [9.17, 15) is 4.79 Å². The summed E-state index contributed by atoms with van der Waals surface area (Å²) in [5.41, 5.74) is 0.148. The molecule has 0 aromatic rings. The normalized spacial score (nSPS) is 18.7. The topological polar surface area (TPSA) is 20.3 Å². The van der Waals surface area contributed by atoms with E-state index in [1.54, 1.807) is 0 Å². The molecule has 2 nitrogen and oxygen atoms in total. The average molecular weight is 296 g/mol. The molecule has 0 aromatic heterocycles. The van der Waals surface area contributed by atoms with Crippen LogP contribution >= 0.6 is 0 Å². The monoisotopic (exact) mass is 295 g/mol. The standard InChI is InChI=1S/C19H37NO/c1-8-20(9-2)16(17(21)18(3,4)5)13-14-19(6,7)15-11-10-12-15/h15-16H,8-14H2,1-7H3/t16-/m0/s1. The third-order valence-corrected chi connectivity index (χ3v) is 5.57. The molecule has 124 valence electrons. The van der Waals surface area contributed by atoms with Gasteiger partial charge in [0.25, 0.3) is 0 Å². The molecule has 0 aliphatic heterocycles. The molecule has 0 amide bonds. The molecule has 1 fully saturated rings. The highest BCUT2D eigenvalue weighted by Gasteiger charge is 2.37. The second kappa shape index (κ2) is 7.26. The lowest BCUT2D eigenvalue weighted by atomic mass is 9.65. The maximum absolute atomic E-state index is 12.9. The highest BCUT2D eigenvalue weighted by atomic mass is 16.1. The van der Waals surface area contributed by atoms with E-state index in [4.69, 9.17) is 0 Å². The van der Waals surface area contributed by atoms with Gasteiger partial charge in [0.1, 0.15) is 0 Å². The fourth-order valence-electron chi connectivity index (χ4n) is 3.55. The second-order valence-electron chi connectivity index (χ2n) is 8.51. The fourth-order valence-corrected chi connectivity index (χ4v) is 3.55. The van der Waals surface area contributed by atoms with Crippen molar-refractivity contribution in [3.05, 3.63) is 0 Å². The summed E-state index contributed by atoms with van der Waals surface area (Å²) in [6.07, 6.45) is 6.35. The largest absolute Gasteiger partial charge is 0.297 e. The Morgan fingerprint density at radius 3 is 1.95 bits per heavy atom. The van der Waals surface area contributed by atoms with Crippen LogP contribution in [0.3, 0.4) is 0 Å². The van der Waals surface area contributed by atoms with Gasteiger partial charge < -0.3 is 0 Å². The van der Waals surface area contributed by atoms with E-state index in [1.165, 1.54) is 25.7 Å². The molecular formula is C19H37NO. The summed E-state index contributed by atoms with van der Waals surface area (Å²) in [6.45, 7) is 17.2. The predicted molar refractivity (Wildman–Crippen MR) is 91.5 cm³/mol. The van der Waals surface area contributed by atoms with Crippen molar-refractivity contribution in [2.24, 2.45) is 16.7 Å². The van der Waals surface area contributed by atoms with Crippen LogP contribution in [-0.4, -0.2) is 29.8 Å². The third kappa shape index (κ3) is 4.81. The van der Waals surface area contributed by atoms with Gasteiger partial charge >= 0.3 is 0 Å². The number of carbonyl (C=O) groups is 1. The molecule has 0 saturated heterocycles. The zero-order valence-corrected chi connectivity index (χ0v) is 15.5. The van der Waals surface area contributed by atoms with Gasteiger partial charge in [-0.2, -0.15) is 0 Å². The van der Waals surface area contributed by atoms with Gasteiger partial charge in [0.05, 0.1) is 6.04 Å². The summed E-state index contributed by atoms with van der Waals surface area (Å²) in [5, 5.41) is 0. The minimum Gasteiger partial charge on any atom is -0.297 e. The molecule has 1 rings (SSSR count). The molecule has 0 heterocycles. The number of Topliss-reactive ketones (excluding diaryl/α,β-unsaturated/α-hetero) is 1. The Balaban J connectivity index is 2.75. The summed E-state index contributed by atoms with van der Waals surface area (Å²) in [5.74, 6) is 1.29. The number of hydrogen-bond donors (Lipinski definition) is 0. The molecule has 0 bridgehead atoms. The van der Waals surface area contributed by atoms with Crippen LogP contribution in [0.25, 0.3) is 0 Å². The molecule has 0 spiro atoms. The lowest BCUT2D eigenvalue weighted by Gasteiger charge is -2.42. The number of rotatable bonds is 8. The first-order valence-electron chi connectivity index (χ1n) is 8.91. The molecule has 0 N–H and O–H groups in total. The van der Waals surface area contributed by atoms with Gasteiger partial charge in [0.2, 0.25) is 0 Å². The summed E-state index contributed by atoms with van der Waals surface area (Å²) in [6, 6.07) is 0.0966. The van der Waals surface area contributed by atoms with Crippen LogP contribution in [0.5, 0.6) is 0 Å². The lowest BCUT2D eigenvalue weighted by molar-refractivity contribution is -0.132. The van der Waals surface area contributed by atoms with Crippen molar-refractivity contribution < 1.29 is 4.79 Å². The van der Waals surface area contributed by atoms with E-state index in [2.05, 4.69) is 53.4 Å². The Bertz CT molecular complexity index is 332. The third-order valence-electron chi connectivity index (χ3n) is 5.57. The summed E-state index contributed by atoms with van der Waals surface area (Å²) >= 11 is 0. The minimum absolute atomic E-state index is 0.0966. The molecule has 0 unspecified atom stereocenters. The van der Waals surface area contributed by atoms with E-state index in [0.29, 0.717) is 11.2 Å². The van der Waals surface area contributed by atoms with Crippen LogP contribution in [0.2, 0.25) is 0 Å². The number of likely N-dealkylation sites (N-methyl/N-ethyl adjacent to an activating group) is 1. The van der Waals surface area contributed by atoms with Crippen molar-refractivity contribution in [1.29, 1.82) is 0 Å². The first-order valence-corrected chi connectivity index (χ1v) is 8.91. The summed E-state index contributed by atoms with van der Waals surface area (Å²) < 4.78 is 0. The molecule has 0 radical (unpaired) electrons. The number of ketones is 1. The van der Waals surface area contributed by atoms with Crippen molar-refractivity contribution in [2.75, 3.05) is 13.1 Å². The zero-order chi connectivity index (χ0) is 16.3. The molecular weight excluding hydrogens is 258 g/mol. The Labute approximate surface area is 132 Å². The number of carbonyl (C=O) groups excluding carboxylic acids is 1. The Morgan fingerprint density at radius 2 is 1.62 bits per heavy atom. The van der Waals surface area contributed by atoms with E-state index in [0.717, 1.165) is 25.4 Å². The highest BCUT2D eigenvalue weighted by molar-refractivity contribution is 5.88. The van der Waals surface area contributed by atoms with E-state index >= 15 is 0 Å². The quantitative estimate of drug-likeness (QED) is 0.633. The van der Waals surface area contributed by atoms with Gasteiger partial charge in [-0.05, 0) is 50.1 Å². The molecule has 1 atom stereocenters. The van der Waals surface area contributed by atoms with Crippen molar-refractivity contribution in [1.82, 2.24) is 4.90 Å². The molecule has 1 aliphatic carbocycles. The van der Waals surface area contributed by atoms with E-state index < -0.39 is 0 Å². The predicted octanol–water partition coefficient (Wildman–Crippen LogP) is 4.92. The lowest BCUT2D eigenvalue weighted by Crippen LogP contribution is -2.46. The van der Waals surface area contributed by atoms with Crippen LogP contribution in [0, 0.1) is 16.7 Å². The number of nitrogens with zero attached hydrogens (tertiary/aromatic N) is 1. The van der Waals surface area contributed by atoms with Gasteiger partial charge in [-0.1, -0.05) is 54.9 Å². The van der Waals surface area contributed by atoms with Gasteiger partial charge in [0, 0.05) is 5.41 Å². The number of hydrogen-bond acceptors (Lipinski definition) is 2. The van der Waals surface area contributed by atoms with E-state index in [-0.39, 0.29) is 11.5 Å². The average Bonchev–Trinajstić information content (AvgIpc) is 2.29. The van der Waals surface area contributed by atoms with Crippen LogP contribution in [0.15, 0.2) is 0 Å². The SMILES string of the molecule is CCN(CC)[C@@H](CCC(C)(C)C1CCC1)C(=O)C(C)(C)C. The first kappa shape index (κ1) is 18.7. The van der Waals surface area contributed by atoms with Crippen LogP contribution < -0.4 is 0 Å². The molecule has 21 heavy (non-hydrogen) atoms. The van der Waals surface area contributed by atoms with Crippen LogP contribution in [-0.2, 0) is 4.79 Å². The van der Waals surface area contributed by atoms with Gasteiger partial charge in [0.15, 0.2) is 5.78 Å². The maximum Gasteiger partial charge on any atom is 0.155 e. The summed E-state index contributed by atoms with van der Waals surface area (Å²) in [4.78, 5) is 15.2. The molecule has 0 aromatic carbocycles. The van der Waals surface area contributed by atoms with Crippen LogP contribution in [0.4, 0.5) is 0 Å². The zero-order valence-electron chi connectivity index (χ0n) is 15.5. The molecule has 1 saturated carbocycles. The summed E-state index contributed by atoms with van der Waals surface area (Å²) in [7, 11) is 0. The molecule has 2 heteroatoms. The fraction of sp³-hybridized carbons (Fsp3) is 0.947. The van der Waals surface area contributed by atoms with Crippen LogP contribution in [0.1, 0.15) is 80.6 Å². The van der Waals surface area contributed by atoms with Crippen molar-refractivity contribution in [2.45, 2.75) is 86.6 Å². The first-order chi connectivity index (χ1) is 9.63. The highest BCUT2D eigenvalue weighted by Crippen LogP contribution is 2.45. The maximum atomic E-state index is 12.9. The Morgan fingerprint density at radius 1 is 1.10 bits per heavy atom. The van der Waals surface area contributed by atoms with Gasteiger partial charge in [-0.25, -0.2) is 0 Å². The van der Waals surface area contributed by atoms with Gasteiger partial charge in [-0.3, -0.25) is 9.69 Å². The second-order valence-corrected chi connectivity index (χ2v) is 8.51. The van der Waals surface area contributed by atoms with Gasteiger partial charge in [-0.15, -0.1) is 0 Å². The Kier molecular flexibility index (Phi) is 6.46.